The van der Waals surface area contributed by atoms with Crippen LogP contribution in [0.4, 0.5) is 0 Å². The average Bonchev–Trinajstić information content (AvgIpc) is 2.44. The number of nitrogens with two attached hydrogens (primary N) is 1. The number of hydrogen-bond donors (Lipinski definition) is 3. The van der Waals surface area contributed by atoms with Gasteiger partial charge in [-0.3, -0.25) is 4.79 Å². The Balaban J connectivity index is 0.00000112. The number of nitrogens with one attached hydrogen (secondary N) is 2. The third-order valence-corrected chi connectivity index (χ3v) is 3.41. The van der Waals surface area contributed by atoms with Crippen molar-refractivity contribution >= 4 is 18.3 Å². The highest BCUT2D eigenvalue weighted by atomic mass is 35.5. The summed E-state index contributed by atoms with van der Waals surface area (Å²) in [5.41, 5.74) is 5.92. The van der Waals surface area contributed by atoms with Crippen LogP contribution in [0.3, 0.4) is 0 Å². The molecule has 0 bridgehead atoms. The Morgan fingerprint density at radius 1 is 1.40 bits per heavy atom. The lowest BCUT2D eigenvalue weighted by molar-refractivity contribution is -0.126. The molecule has 0 radical (unpaired) electrons. The van der Waals surface area contributed by atoms with E-state index in [1.54, 1.807) is 0 Å². The molecule has 1 heterocycles. The van der Waals surface area contributed by atoms with Gasteiger partial charge in [0.1, 0.15) is 0 Å². The number of hydrogen-bond acceptors (Lipinski definition) is 3. The lowest BCUT2D eigenvalue weighted by atomic mass is 10.0. The Bertz CT molecular complexity index is 221. The van der Waals surface area contributed by atoms with Crippen LogP contribution in [0.15, 0.2) is 0 Å². The van der Waals surface area contributed by atoms with Crippen LogP contribution in [0.25, 0.3) is 0 Å². The molecular formula is C10H20ClN3O. The maximum absolute atomic E-state index is 11.5. The summed E-state index contributed by atoms with van der Waals surface area (Å²) in [7, 11) is 0. The Kier molecular flexibility index (Phi) is 4.83. The van der Waals surface area contributed by atoms with Crippen LogP contribution in [0.2, 0.25) is 0 Å². The summed E-state index contributed by atoms with van der Waals surface area (Å²) in [5.74, 6) is 0.905. The largest absolute Gasteiger partial charge is 0.355 e. The summed E-state index contributed by atoms with van der Waals surface area (Å²) >= 11 is 0. The van der Waals surface area contributed by atoms with Gasteiger partial charge in [0, 0.05) is 25.7 Å². The first-order valence-corrected chi connectivity index (χ1v) is 5.51. The second-order valence-corrected chi connectivity index (χ2v) is 4.46. The van der Waals surface area contributed by atoms with Gasteiger partial charge in [-0.15, -0.1) is 12.4 Å². The van der Waals surface area contributed by atoms with E-state index in [4.69, 9.17) is 5.73 Å². The fourth-order valence-electron chi connectivity index (χ4n) is 2.17. The van der Waals surface area contributed by atoms with Gasteiger partial charge in [0.05, 0.1) is 5.92 Å². The number of carbonyl (C=O) groups is 1. The van der Waals surface area contributed by atoms with Crippen LogP contribution in [0.1, 0.15) is 19.3 Å². The van der Waals surface area contributed by atoms with Crippen molar-refractivity contribution in [1.29, 1.82) is 0 Å². The molecule has 2 aliphatic rings. The highest BCUT2D eigenvalue weighted by Gasteiger charge is 2.27. The van der Waals surface area contributed by atoms with Crippen molar-refractivity contribution in [2.45, 2.75) is 25.3 Å². The van der Waals surface area contributed by atoms with Gasteiger partial charge in [-0.2, -0.15) is 0 Å². The van der Waals surface area contributed by atoms with E-state index >= 15 is 0 Å². The summed E-state index contributed by atoms with van der Waals surface area (Å²) in [6.45, 7) is 2.45. The molecule has 1 saturated carbocycles. The van der Waals surface area contributed by atoms with Crippen LogP contribution in [-0.2, 0) is 4.79 Å². The van der Waals surface area contributed by atoms with Crippen molar-refractivity contribution in [3.63, 3.8) is 0 Å². The van der Waals surface area contributed by atoms with E-state index in [0.29, 0.717) is 12.0 Å². The molecular weight excluding hydrogens is 214 g/mol. The van der Waals surface area contributed by atoms with E-state index in [9.17, 15) is 4.79 Å². The fraction of sp³-hybridized carbons (Fsp3) is 0.900. The van der Waals surface area contributed by atoms with Gasteiger partial charge in [0.2, 0.25) is 5.91 Å². The minimum Gasteiger partial charge on any atom is -0.355 e. The van der Waals surface area contributed by atoms with E-state index in [-0.39, 0.29) is 24.2 Å². The number of halogens is 1. The average molecular weight is 234 g/mol. The highest BCUT2D eigenvalue weighted by molar-refractivity contribution is 5.85. The molecule has 0 aromatic heterocycles. The number of rotatable bonds is 3. The second kappa shape index (κ2) is 5.68. The summed E-state index contributed by atoms with van der Waals surface area (Å²) in [6, 6.07) is 0.301. The SMILES string of the molecule is Cl.NC1CCCC1CNC(=O)C1CNC1. The highest BCUT2D eigenvalue weighted by Crippen LogP contribution is 2.23. The van der Waals surface area contributed by atoms with Crippen molar-refractivity contribution in [1.82, 2.24) is 10.6 Å². The molecule has 0 aromatic rings. The Morgan fingerprint density at radius 2 is 2.13 bits per heavy atom. The van der Waals surface area contributed by atoms with Gasteiger partial charge in [-0.1, -0.05) is 6.42 Å². The maximum Gasteiger partial charge on any atom is 0.225 e. The van der Waals surface area contributed by atoms with Gasteiger partial charge in [0.25, 0.3) is 0 Å². The monoisotopic (exact) mass is 233 g/mol. The molecule has 2 rings (SSSR count). The Hall–Kier alpha value is -0.320. The predicted octanol–water partition coefficient (Wildman–Crippen LogP) is -0.129. The molecule has 1 aliphatic heterocycles. The molecule has 0 aromatic carbocycles. The summed E-state index contributed by atoms with van der Waals surface area (Å²) in [5, 5.41) is 6.09. The molecule has 2 unspecified atom stereocenters. The topological polar surface area (TPSA) is 67.1 Å². The van der Waals surface area contributed by atoms with Crippen molar-refractivity contribution < 1.29 is 4.79 Å². The van der Waals surface area contributed by atoms with Gasteiger partial charge in [-0.25, -0.2) is 0 Å². The number of amides is 1. The van der Waals surface area contributed by atoms with Crippen LogP contribution < -0.4 is 16.4 Å². The van der Waals surface area contributed by atoms with Gasteiger partial charge in [0.15, 0.2) is 0 Å². The molecule has 1 amide bonds. The molecule has 0 spiro atoms. The maximum atomic E-state index is 11.5. The van der Waals surface area contributed by atoms with Crippen LogP contribution in [0, 0.1) is 11.8 Å². The predicted molar refractivity (Wildman–Crippen MR) is 61.9 cm³/mol. The summed E-state index contributed by atoms with van der Waals surface area (Å²) < 4.78 is 0. The first kappa shape index (κ1) is 12.7. The van der Waals surface area contributed by atoms with Gasteiger partial charge in [-0.05, 0) is 18.8 Å². The first-order valence-electron chi connectivity index (χ1n) is 5.51. The normalized spacial score (nSPS) is 30.5. The third kappa shape index (κ3) is 3.06. The molecule has 88 valence electrons. The fourth-order valence-corrected chi connectivity index (χ4v) is 2.17. The lowest BCUT2D eigenvalue weighted by Crippen LogP contribution is -2.51. The number of carbonyl (C=O) groups excluding carboxylic acids is 1. The molecule has 2 fully saturated rings. The lowest BCUT2D eigenvalue weighted by Gasteiger charge is -2.26. The van der Waals surface area contributed by atoms with Gasteiger partial charge < -0.3 is 16.4 Å². The van der Waals surface area contributed by atoms with E-state index in [2.05, 4.69) is 10.6 Å². The third-order valence-electron chi connectivity index (χ3n) is 3.41. The Labute approximate surface area is 96.8 Å². The van der Waals surface area contributed by atoms with E-state index in [1.807, 2.05) is 0 Å². The zero-order valence-corrected chi connectivity index (χ0v) is 9.69. The first-order chi connectivity index (χ1) is 6.77. The standard InChI is InChI=1S/C10H19N3O.ClH/c11-9-3-1-2-7(9)6-13-10(14)8-4-12-5-8;/h7-9,12H,1-6,11H2,(H,13,14);1H. The van der Waals surface area contributed by atoms with Crippen molar-refractivity contribution in [2.75, 3.05) is 19.6 Å². The van der Waals surface area contributed by atoms with Gasteiger partial charge >= 0.3 is 0 Å². The quantitative estimate of drug-likeness (QED) is 0.636. The van der Waals surface area contributed by atoms with Crippen molar-refractivity contribution in [3.05, 3.63) is 0 Å². The summed E-state index contributed by atoms with van der Waals surface area (Å²) in [4.78, 5) is 11.5. The second-order valence-electron chi connectivity index (χ2n) is 4.46. The zero-order valence-electron chi connectivity index (χ0n) is 8.87. The van der Waals surface area contributed by atoms with Crippen LogP contribution in [-0.4, -0.2) is 31.6 Å². The summed E-state index contributed by atoms with van der Waals surface area (Å²) in [6.07, 6.45) is 3.50. The minimum absolute atomic E-state index is 0. The zero-order chi connectivity index (χ0) is 9.97. The molecule has 4 nitrogen and oxygen atoms in total. The van der Waals surface area contributed by atoms with E-state index in [0.717, 1.165) is 26.1 Å². The minimum atomic E-state index is 0. The van der Waals surface area contributed by atoms with Crippen LogP contribution in [0.5, 0.6) is 0 Å². The molecule has 15 heavy (non-hydrogen) atoms. The smallest absolute Gasteiger partial charge is 0.225 e. The van der Waals surface area contributed by atoms with E-state index < -0.39 is 0 Å². The molecule has 2 atom stereocenters. The molecule has 1 saturated heterocycles. The molecule has 5 heteroatoms. The van der Waals surface area contributed by atoms with Crippen LogP contribution >= 0.6 is 12.4 Å². The Morgan fingerprint density at radius 3 is 2.60 bits per heavy atom. The van der Waals surface area contributed by atoms with Crippen molar-refractivity contribution in [2.24, 2.45) is 17.6 Å². The molecule has 1 aliphatic carbocycles. The van der Waals surface area contributed by atoms with E-state index in [1.165, 1.54) is 12.8 Å². The van der Waals surface area contributed by atoms with Crippen molar-refractivity contribution in [3.8, 4) is 0 Å². The molecule has 4 N–H and O–H groups in total.